The second-order valence-corrected chi connectivity index (χ2v) is 4.00. The second kappa shape index (κ2) is 6.20. The summed E-state index contributed by atoms with van der Waals surface area (Å²) in [6.45, 7) is 5.87. The van der Waals surface area contributed by atoms with Gasteiger partial charge in [0.2, 0.25) is 0 Å². The Kier molecular flexibility index (Phi) is 4.32. The van der Waals surface area contributed by atoms with Crippen molar-refractivity contribution in [2.45, 2.75) is 33.0 Å². The Hall–Kier alpha value is -1.62. The predicted molar refractivity (Wildman–Crippen MR) is 66.5 cm³/mol. The maximum absolute atomic E-state index is 4.24. The summed E-state index contributed by atoms with van der Waals surface area (Å²) in [5.41, 5.74) is 1.24. The van der Waals surface area contributed by atoms with Crippen molar-refractivity contribution in [2.24, 2.45) is 0 Å². The topological polar surface area (TPSA) is 47.7 Å². The van der Waals surface area contributed by atoms with Crippen molar-refractivity contribution >= 4 is 0 Å². The fourth-order valence-corrected chi connectivity index (χ4v) is 1.70. The summed E-state index contributed by atoms with van der Waals surface area (Å²) < 4.78 is 3.90. The Morgan fingerprint density at radius 2 is 2.24 bits per heavy atom. The first-order chi connectivity index (χ1) is 8.38. The third kappa shape index (κ3) is 3.71. The highest BCUT2D eigenvalue weighted by Gasteiger charge is 1.96. The molecule has 0 aliphatic heterocycles. The van der Waals surface area contributed by atoms with Gasteiger partial charge in [-0.3, -0.25) is 9.36 Å². The minimum absolute atomic E-state index is 0.888. The fraction of sp³-hybridized carbons (Fsp3) is 0.500. The zero-order valence-electron chi connectivity index (χ0n) is 10.2. The zero-order valence-corrected chi connectivity index (χ0v) is 10.2. The molecule has 2 heterocycles. The Morgan fingerprint density at radius 3 is 2.94 bits per heavy atom. The number of aromatic nitrogens is 4. The molecule has 2 rings (SSSR count). The average molecular weight is 233 g/mol. The first kappa shape index (κ1) is 11.9. The Bertz CT molecular complexity index is 418. The smallest absolute Gasteiger partial charge is 0.0534 e. The van der Waals surface area contributed by atoms with Crippen LogP contribution in [0.1, 0.15) is 18.9 Å². The van der Waals surface area contributed by atoms with E-state index in [1.165, 1.54) is 5.56 Å². The van der Waals surface area contributed by atoms with Gasteiger partial charge in [-0.1, -0.05) is 0 Å². The summed E-state index contributed by atoms with van der Waals surface area (Å²) in [5, 5.41) is 11.8. The average Bonchev–Trinajstić information content (AvgIpc) is 2.99. The molecule has 17 heavy (non-hydrogen) atoms. The maximum atomic E-state index is 4.24. The molecule has 0 bridgehead atoms. The van der Waals surface area contributed by atoms with E-state index >= 15 is 0 Å². The molecule has 0 aromatic carbocycles. The molecule has 0 aliphatic rings. The van der Waals surface area contributed by atoms with Crippen molar-refractivity contribution < 1.29 is 0 Å². The van der Waals surface area contributed by atoms with Crippen molar-refractivity contribution in [1.29, 1.82) is 0 Å². The summed E-state index contributed by atoms with van der Waals surface area (Å²) in [7, 11) is 0. The van der Waals surface area contributed by atoms with Crippen LogP contribution in [0, 0.1) is 0 Å². The molecule has 0 fully saturated rings. The van der Waals surface area contributed by atoms with Gasteiger partial charge in [-0.2, -0.15) is 10.2 Å². The van der Waals surface area contributed by atoms with Gasteiger partial charge < -0.3 is 5.32 Å². The monoisotopic (exact) mass is 233 g/mol. The van der Waals surface area contributed by atoms with Gasteiger partial charge in [-0.15, -0.1) is 0 Å². The van der Waals surface area contributed by atoms with Crippen LogP contribution < -0.4 is 5.32 Å². The van der Waals surface area contributed by atoms with Crippen LogP contribution in [0.2, 0.25) is 0 Å². The second-order valence-electron chi connectivity index (χ2n) is 4.00. The van der Waals surface area contributed by atoms with Crippen LogP contribution in [0.25, 0.3) is 0 Å². The van der Waals surface area contributed by atoms with Gasteiger partial charge in [0.05, 0.1) is 6.20 Å². The van der Waals surface area contributed by atoms with Crippen LogP contribution in [0.5, 0.6) is 0 Å². The largest absolute Gasteiger partial charge is 0.312 e. The van der Waals surface area contributed by atoms with Gasteiger partial charge in [-0.05, 0) is 26.0 Å². The van der Waals surface area contributed by atoms with E-state index in [4.69, 9.17) is 0 Å². The van der Waals surface area contributed by atoms with Crippen LogP contribution in [-0.2, 0) is 19.6 Å². The van der Waals surface area contributed by atoms with Crippen molar-refractivity contribution in [3.63, 3.8) is 0 Å². The summed E-state index contributed by atoms with van der Waals surface area (Å²) in [6.07, 6.45) is 8.89. The highest BCUT2D eigenvalue weighted by atomic mass is 15.3. The van der Waals surface area contributed by atoms with Crippen molar-refractivity contribution in [1.82, 2.24) is 24.9 Å². The molecule has 5 heteroatoms. The molecule has 0 atom stereocenters. The van der Waals surface area contributed by atoms with Gasteiger partial charge >= 0.3 is 0 Å². The minimum atomic E-state index is 0.888. The van der Waals surface area contributed by atoms with Crippen molar-refractivity contribution in [2.75, 3.05) is 6.54 Å². The third-order valence-corrected chi connectivity index (χ3v) is 2.64. The standard InChI is InChI=1S/C12H19N5/c1-2-16-11-12(10-15-16)9-13-5-3-7-17-8-4-6-14-17/h4,6,8,10-11,13H,2-3,5,7,9H2,1H3. The lowest BCUT2D eigenvalue weighted by atomic mass is 10.3. The molecular formula is C12H19N5. The van der Waals surface area contributed by atoms with Gasteiger partial charge in [0, 0.05) is 43.8 Å². The molecule has 0 aliphatic carbocycles. The summed E-state index contributed by atoms with van der Waals surface area (Å²) in [4.78, 5) is 0. The highest BCUT2D eigenvalue weighted by Crippen LogP contribution is 1.97. The van der Waals surface area contributed by atoms with E-state index in [1.807, 2.05) is 34.0 Å². The molecule has 5 nitrogen and oxygen atoms in total. The molecule has 0 amide bonds. The van der Waals surface area contributed by atoms with Crippen LogP contribution in [-0.4, -0.2) is 26.1 Å². The number of nitrogens with one attached hydrogen (secondary N) is 1. The van der Waals surface area contributed by atoms with E-state index in [-0.39, 0.29) is 0 Å². The molecule has 92 valence electrons. The van der Waals surface area contributed by atoms with Gasteiger partial charge in [0.1, 0.15) is 0 Å². The molecule has 0 saturated heterocycles. The van der Waals surface area contributed by atoms with E-state index < -0.39 is 0 Å². The Balaban J connectivity index is 1.60. The van der Waals surface area contributed by atoms with Crippen LogP contribution >= 0.6 is 0 Å². The number of aryl methyl sites for hydroxylation is 2. The van der Waals surface area contributed by atoms with Crippen molar-refractivity contribution in [3.8, 4) is 0 Å². The Labute approximate surface area is 101 Å². The zero-order chi connectivity index (χ0) is 11.9. The van der Waals surface area contributed by atoms with Gasteiger partial charge in [0.25, 0.3) is 0 Å². The first-order valence-corrected chi connectivity index (χ1v) is 6.08. The van der Waals surface area contributed by atoms with Crippen LogP contribution in [0.4, 0.5) is 0 Å². The number of hydrogen-bond acceptors (Lipinski definition) is 3. The quantitative estimate of drug-likeness (QED) is 0.733. The molecule has 0 spiro atoms. The van der Waals surface area contributed by atoms with E-state index in [0.717, 1.165) is 32.6 Å². The van der Waals surface area contributed by atoms with Gasteiger partial charge in [-0.25, -0.2) is 0 Å². The summed E-state index contributed by atoms with van der Waals surface area (Å²) in [6, 6.07) is 1.95. The normalized spacial score (nSPS) is 10.9. The number of hydrogen-bond donors (Lipinski definition) is 1. The predicted octanol–water partition coefficient (Wildman–Crippen LogP) is 1.28. The maximum Gasteiger partial charge on any atom is 0.0534 e. The van der Waals surface area contributed by atoms with Gasteiger partial charge in [0.15, 0.2) is 0 Å². The SMILES string of the molecule is CCn1cc(CNCCCn2cccn2)cn1. The lowest BCUT2D eigenvalue weighted by Gasteiger charge is -2.03. The number of rotatable bonds is 7. The highest BCUT2D eigenvalue weighted by molar-refractivity contribution is 5.02. The van der Waals surface area contributed by atoms with E-state index in [9.17, 15) is 0 Å². The first-order valence-electron chi connectivity index (χ1n) is 6.08. The Morgan fingerprint density at radius 1 is 1.29 bits per heavy atom. The molecular weight excluding hydrogens is 214 g/mol. The van der Waals surface area contributed by atoms with Crippen molar-refractivity contribution in [3.05, 3.63) is 36.4 Å². The molecule has 1 N–H and O–H groups in total. The molecule has 2 aromatic heterocycles. The summed E-state index contributed by atoms with van der Waals surface area (Å²) >= 11 is 0. The molecule has 0 saturated carbocycles. The molecule has 0 radical (unpaired) electrons. The number of nitrogens with zero attached hydrogens (tertiary/aromatic N) is 4. The minimum Gasteiger partial charge on any atom is -0.312 e. The lowest BCUT2D eigenvalue weighted by Crippen LogP contribution is -2.16. The van der Waals surface area contributed by atoms with Crippen LogP contribution in [0.3, 0.4) is 0 Å². The van der Waals surface area contributed by atoms with E-state index in [2.05, 4.69) is 28.6 Å². The fourth-order valence-electron chi connectivity index (χ4n) is 1.70. The third-order valence-electron chi connectivity index (χ3n) is 2.64. The van der Waals surface area contributed by atoms with Crippen LogP contribution in [0.15, 0.2) is 30.9 Å². The lowest BCUT2D eigenvalue weighted by molar-refractivity contribution is 0.543. The van der Waals surface area contributed by atoms with E-state index in [1.54, 1.807) is 0 Å². The molecule has 0 unspecified atom stereocenters. The van der Waals surface area contributed by atoms with E-state index in [0.29, 0.717) is 0 Å². The molecule has 2 aromatic rings. The summed E-state index contributed by atoms with van der Waals surface area (Å²) in [5.74, 6) is 0.